The first-order valence-electron chi connectivity index (χ1n) is 5.19. The van der Waals surface area contributed by atoms with Crippen LogP contribution in [0.3, 0.4) is 0 Å². The van der Waals surface area contributed by atoms with E-state index in [-0.39, 0.29) is 17.6 Å². The first-order chi connectivity index (χ1) is 7.06. The molecule has 1 N–H and O–H groups in total. The van der Waals surface area contributed by atoms with E-state index in [0.717, 1.165) is 12.8 Å². The summed E-state index contributed by atoms with van der Waals surface area (Å²) in [6.07, 6.45) is 3.35. The van der Waals surface area contributed by atoms with Crippen molar-refractivity contribution in [2.45, 2.75) is 38.4 Å². The maximum absolute atomic E-state index is 11.0. The highest BCUT2D eigenvalue weighted by Gasteiger charge is 2.52. The van der Waals surface area contributed by atoms with Crippen molar-refractivity contribution in [3.63, 3.8) is 0 Å². The zero-order valence-corrected chi connectivity index (χ0v) is 9.03. The van der Waals surface area contributed by atoms with E-state index in [2.05, 4.69) is 4.74 Å². The number of carbonyl (C=O) groups excluding carboxylic acids is 1. The molecule has 1 saturated heterocycles. The molecule has 4 heteroatoms. The Morgan fingerprint density at radius 3 is 3.00 bits per heavy atom. The number of hydrogen-bond acceptors (Lipinski definition) is 4. The monoisotopic (exact) mass is 212 g/mol. The molecule has 2 fully saturated rings. The Bertz CT molecular complexity index is 310. The Morgan fingerprint density at radius 1 is 1.67 bits per heavy atom. The van der Waals surface area contributed by atoms with Crippen LogP contribution in [0.15, 0.2) is 11.8 Å². The van der Waals surface area contributed by atoms with Crippen LogP contribution in [0.4, 0.5) is 0 Å². The number of rotatable bonds is 1. The number of allylic oxidation sites excluding steroid dienone is 1. The van der Waals surface area contributed by atoms with Crippen molar-refractivity contribution in [3.8, 4) is 0 Å². The van der Waals surface area contributed by atoms with Gasteiger partial charge in [0.1, 0.15) is 11.9 Å². The molecule has 1 aliphatic carbocycles. The van der Waals surface area contributed by atoms with Gasteiger partial charge in [-0.15, -0.1) is 0 Å². The lowest BCUT2D eigenvalue weighted by atomic mass is 9.82. The molecule has 2 aliphatic rings. The van der Waals surface area contributed by atoms with E-state index in [4.69, 9.17) is 4.74 Å². The predicted octanol–water partition coefficient (Wildman–Crippen LogP) is 0.993. The summed E-state index contributed by atoms with van der Waals surface area (Å²) in [5, 5.41) is 9.84. The maximum Gasteiger partial charge on any atom is 0.333 e. The summed E-state index contributed by atoms with van der Waals surface area (Å²) in [5.41, 5.74) is -0.222. The molecule has 3 atom stereocenters. The second-order valence-electron chi connectivity index (χ2n) is 4.52. The quantitative estimate of drug-likeness (QED) is 0.520. The van der Waals surface area contributed by atoms with Gasteiger partial charge >= 0.3 is 5.97 Å². The van der Waals surface area contributed by atoms with E-state index in [1.54, 1.807) is 0 Å². The fraction of sp³-hybridized carbons (Fsp3) is 0.727. The molecule has 0 radical (unpaired) electrons. The first kappa shape index (κ1) is 10.5. The number of methoxy groups -OCH3 is 1. The zero-order chi connectivity index (χ0) is 11.1. The number of aliphatic hydroxyl groups excluding tert-OH is 1. The number of hydrogen-bond donors (Lipinski definition) is 1. The number of ether oxygens (including phenoxy) is 2. The van der Waals surface area contributed by atoms with Gasteiger partial charge in [0, 0.05) is 11.8 Å². The lowest BCUT2D eigenvalue weighted by Crippen LogP contribution is -2.31. The van der Waals surface area contributed by atoms with Gasteiger partial charge in [-0.3, -0.25) is 0 Å². The van der Waals surface area contributed by atoms with E-state index in [9.17, 15) is 9.90 Å². The van der Waals surface area contributed by atoms with Crippen LogP contribution in [0.1, 0.15) is 26.2 Å². The molecule has 4 nitrogen and oxygen atoms in total. The topological polar surface area (TPSA) is 55.8 Å². The number of esters is 1. The fourth-order valence-corrected chi connectivity index (χ4v) is 2.48. The molecule has 84 valence electrons. The van der Waals surface area contributed by atoms with Crippen LogP contribution in [0, 0.1) is 5.41 Å². The van der Waals surface area contributed by atoms with E-state index >= 15 is 0 Å². The van der Waals surface area contributed by atoms with Crippen molar-refractivity contribution in [3.05, 3.63) is 11.8 Å². The minimum absolute atomic E-state index is 0.0448. The maximum atomic E-state index is 11.0. The van der Waals surface area contributed by atoms with Gasteiger partial charge in [-0.2, -0.15) is 0 Å². The van der Waals surface area contributed by atoms with E-state index < -0.39 is 5.97 Å². The van der Waals surface area contributed by atoms with Gasteiger partial charge in [-0.05, 0) is 12.8 Å². The summed E-state index contributed by atoms with van der Waals surface area (Å²) in [6, 6.07) is 0. The molecule has 0 spiro atoms. The minimum Gasteiger partial charge on any atom is -0.494 e. The molecule has 1 saturated carbocycles. The van der Waals surface area contributed by atoms with Gasteiger partial charge < -0.3 is 14.6 Å². The SMILES string of the molecule is COC(=O)/C=C1\C[C@@]2(C)[C@H](O)CC[C@H]2O1. The van der Waals surface area contributed by atoms with Crippen LogP contribution in [-0.2, 0) is 14.3 Å². The second kappa shape index (κ2) is 3.52. The summed E-state index contributed by atoms with van der Waals surface area (Å²) in [5.74, 6) is 0.233. The van der Waals surface area contributed by atoms with Gasteiger partial charge in [0.05, 0.1) is 19.3 Å². The molecule has 0 aromatic heterocycles. The van der Waals surface area contributed by atoms with Crippen molar-refractivity contribution in [2.75, 3.05) is 7.11 Å². The van der Waals surface area contributed by atoms with Crippen molar-refractivity contribution in [1.82, 2.24) is 0 Å². The Labute approximate surface area is 88.9 Å². The smallest absolute Gasteiger partial charge is 0.333 e. The number of carbonyl (C=O) groups is 1. The highest BCUT2D eigenvalue weighted by molar-refractivity contribution is 5.82. The summed E-state index contributed by atoms with van der Waals surface area (Å²) in [6.45, 7) is 2.01. The average molecular weight is 212 g/mol. The van der Waals surface area contributed by atoms with E-state index in [1.165, 1.54) is 13.2 Å². The fourth-order valence-electron chi connectivity index (χ4n) is 2.48. The Balaban J connectivity index is 2.13. The standard InChI is InChI=1S/C11H16O4/c1-11-6-7(5-10(13)14-2)15-9(11)4-3-8(11)12/h5,8-9,12H,3-4,6H2,1-2H3/b7-5+/t8-,9-,11+/m1/s1. The highest BCUT2D eigenvalue weighted by atomic mass is 16.5. The summed E-state index contributed by atoms with van der Waals surface area (Å²) >= 11 is 0. The Kier molecular flexibility index (Phi) is 2.46. The average Bonchev–Trinajstić information content (AvgIpc) is 2.63. The van der Waals surface area contributed by atoms with Crippen LogP contribution < -0.4 is 0 Å². The number of aliphatic hydroxyl groups is 1. The normalized spacial score (nSPS) is 41.4. The minimum atomic E-state index is -0.400. The molecule has 0 aromatic carbocycles. The van der Waals surface area contributed by atoms with Crippen LogP contribution in [0.25, 0.3) is 0 Å². The molecule has 0 aromatic rings. The van der Waals surface area contributed by atoms with Crippen molar-refractivity contribution in [2.24, 2.45) is 5.41 Å². The van der Waals surface area contributed by atoms with Crippen LogP contribution in [-0.4, -0.2) is 30.4 Å². The third-order valence-corrected chi connectivity index (χ3v) is 3.53. The summed E-state index contributed by atoms with van der Waals surface area (Å²) in [4.78, 5) is 11.0. The van der Waals surface area contributed by atoms with E-state index in [0.29, 0.717) is 12.2 Å². The molecule has 1 aliphatic heterocycles. The van der Waals surface area contributed by atoms with Gasteiger partial charge in [0.15, 0.2) is 0 Å². The third-order valence-electron chi connectivity index (χ3n) is 3.53. The van der Waals surface area contributed by atoms with Gasteiger partial charge in [0.25, 0.3) is 0 Å². The molecular weight excluding hydrogens is 196 g/mol. The lowest BCUT2D eigenvalue weighted by Gasteiger charge is -2.24. The van der Waals surface area contributed by atoms with Gasteiger partial charge in [-0.25, -0.2) is 4.79 Å². The van der Waals surface area contributed by atoms with Gasteiger partial charge in [-0.1, -0.05) is 6.92 Å². The zero-order valence-electron chi connectivity index (χ0n) is 9.03. The largest absolute Gasteiger partial charge is 0.494 e. The second-order valence-corrected chi connectivity index (χ2v) is 4.52. The van der Waals surface area contributed by atoms with Crippen LogP contribution in [0.5, 0.6) is 0 Å². The van der Waals surface area contributed by atoms with Crippen molar-refractivity contribution < 1.29 is 19.4 Å². The van der Waals surface area contributed by atoms with Crippen LogP contribution in [0.2, 0.25) is 0 Å². The molecular formula is C11H16O4. The van der Waals surface area contributed by atoms with E-state index in [1.807, 2.05) is 6.92 Å². The molecule has 0 unspecified atom stereocenters. The Morgan fingerprint density at radius 2 is 2.40 bits per heavy atom. The van der Waals surface area contributed by atoms with Crippen LogP contribution >= 0.6 is 0 Å². The number of fused-ring (bicyclic) bond motifs is 1. The molecule has 0 amide bonds. The molecule has 1 heterocycles. The molecule has 0 bridgehead atoms. The third kappa shape index (κ3) is 1.63. The summed E-state index contributed by atoms with van der Waals surface area (Å²) < 4.78 is 10.2. The highest BCUT2D eigenvalue weighted by Crippen LogP contribution is 2.50. The van der Waals surface area contributed by atoms with Gasteiger partial charge in [0.2, 0.25) is 0 Å². The molecule has 15 heavy (non-hydrogen) atoms. The van der Waals surface area contributed by atoms with Crippen molar-refractivity contribution >= 4 is 5.97 Å². The van der Waals surface area contributed by atoms with Crippen molar-refractivity contribution in [1.29, 1.82) is 0 Å². The molecule has 2 rings (SSSR count). The first-order valence-corrected chi connectivity index (χ1v) is 5.19. The summed E-state index contributed by atoms with van der Waals surface area (Å²) in [7, 11) is 1.34. The lowest BCUT2D eigenvalue weighted by molar-refractivity contribution is -0.135. The Hall–Kier alpha value is -1.03. The predicted molar refractivity (Wildman–Crippen MR) is 52.9 cm³/mol.